The number of amidine groups is 1. The van der Waals surface area contributed by atoms with Gasteiger partial charge >= 0.3 is 0 Å². The van der Waals surface area contributed by atoms with Gasteiger partial charge in [-0.3, -0.25) is 0 Å². The lowest BCUT2D eigenvalue weighted by molar-refractivity contribution is 0.814. The summed E-state index contributed by atoms with van der Waals surface area (Å²) in [5.41, 5.74) is 14.7. The lowest BCUT2D eigenvalue weighted by atomic mass is 9.92. The fraction of sp³-hybridized carbons (Fsp3) is 0.357. The van der Waals surface area contributed by atoms with Gasteiger partial charge in [0.05, 0.1) is 16.1 Å². The van der Waals surface area contributed by atoms with Crippen LogP contribution in [0.1, 0.15) is 31.7 Å². The van der Waals surface area contributed by atoms with Crippen LogP contribution in [0.5, 0.6) is 0 Å². The standard InChI is InChI=1S/C14H17Cl2N3/c1-2-4-12-9(7-11(17)14(18)19-12)8-5-3-6-10(15)13(8)16/h3,5-6,11H,2,4,7,17H2,1H3,(H2,18,19). The van der Waals surface area contributed by atoms with Crippen LogP contribution in [0.2, 0.25) is 10.0 Å². The topological polar surface area (TPSA) is 64.4 Å². The van der Waals surface area contributed by atoms with Crippen molar-refractivity contribution >= 4 is 34.6 Å². The van der Waals surface area contributed by atoms with Gasteiger partial charge in [-0.1, -0.05) is 48.7 Å². The zero-order valence-electron chi connectivity index (χ0n) is 10.8. The molecule has 0 bridgehead atoms. The molecule has 1 aromatic carbocycles. The van der Waals surface area contributed by atoms with E-state index in [1.54, 1.807) is 6.07 Å². The Bertz CT molecular complexity index is 550. The van der Waals surface area contributed by atoms with Crippen molar-refractivity contribution in [2.75, 3.05) is 0 Å². The molecule has 1 unspecified atom stereocenters. The third kappa shape index (κ3) is 2.94. The van der Waals surface area contributed by atoms with Crippen molar-refractivity contribution < 1.29 is 0 Å². The zero-order chi connectivity index (χ0) is 14.0. The molecule has 3 nitrogen and oxygen atoms in total. The van der Waals surface area contributed by atoms with Crippen LogP contribution in [-0.2, 0) is 0 Å². The minimum Gasteiger partial charge on any atom is -0.386 e. The predicted octanol–water partition coefficient (Wildman–Crippen LogP) is 3.59. The van der Waals surface area contributed by atoms with E-state index in [4.69, 9.17) is 34.7 Å². The summed E-state index contributed by atoms with van der Waals surface area (Å²) in [4.78, 5) is 4.43. The van der Waals surface area contributed by atoms with Gasteiger partial charge in [0.15, 0.2) is 0 Å². The fourth-order valence-corrected chi connectivity index (χ4v) is 2.61. The minimum atomic E-state index is -0.259. The molecule has 0 aliphatic carbocycles. The SMILES string of the molecule is CCCC1=C(c2cccc(Cl)c2Cl)CC(N)C(N)=N1. The molecule has 0 fully saturated rings. The Labute approximate surface area is 123 Å². The molecular formula is C14H17Cl2N3. The Morgan fingerprint density at radius 2 is 2.11 bits per heavy atom. The van der Waals surface area contributed by atoms with E-state index in [-0.39, 0.29) is 6.04 Å². The largest absolute Gasteiger partial charge is 0.386 e. The highest BCUT2D eigenvalue weighted by molar-refractivity contribution is 6.43. The molecule has 0 saturated carbocycles. The average Bonchev–Trinajstić information content (AvgIpc) is 2.37. The Kier molecular flexibility index (Phi) is 4.50. The number of halogens is 2. The van der Waals surface area contributed by atoms with E-state index in [0.717, 1.165) is 29.7 Å². The van der Waals surface area contributed by atoms with Gasteiger partial charge < -0.3 is 11.5 Å². The van der Waals surface area contributed by atoms with Crippen LogP contribution in [0, 0.1) is 0 Å². The molecule has 1 aromatic rings. The van der Waals surface area contributed by atoms with Crippen LogP contribution < -0.4 is 11.5 Å². The van der Waals surface area contributed by atoms with E-state index < -0.39 is 0 Å². The Morgan fingerprint density at radius 1 is 1.37 bits per heavy atom. The molecule has 0 spiro atoms. The number of benzene rings is 1. The van der Waals surface area contributed by atoms with Crippen LogP contribution in [0.4, 0.5) is 0 Å². The van der Waals surface area contributed by atoms with Gasteiger partial charge in [0, 0.05) is 5.70 Å². The summed E-state index contributed by atoms with van der Waals surface area (Å²) in [6.07, 6.45) is 2.49. The van der Waals surface area contributed by atoms with Crippen LogP contribution in [-0.4, -0.2) is 11.9 Å². The number of aliphatic imine (C=N–C) groups is 1. The average molecular weight is 298 g/mol. The lowest BCUT2D eigenvalue weighted by Gasteiger charge is -2.23. The second-order valence-electron chi connectivity index (χ2n) is 4.62. The summed E-state index contributed by atoms with van der Waals surface area (Å²) in [5.74, 6) is 0.491. The molecule has 0 aromatic heterocycles. The Balaban J connectivity index is 2.55. The third-order valence-corrected chi connectivity index (χ3v) is 4.00. The maximum atomic E-state index is 6.29. The van der Waals surface area contributed by atoms with Gasteiger partial charge in [-0.25, -0.2) is 4.99 Å². The first-order valence-electron chi connectivity index (χ1n) is 6.30. The Morgan fingerprint density at radius 3 is 2.79 bits per heavy atom. The van der Waals surface area contributed by atoms with Gasteiger partial charge in [0.25, 0.3) is 0 Å². The zero-order valence-corrected chi connectivity index (χ0v) is 12.3. The predicted molar refractivity (Wildman–Crippen MR) is 82.5 cm³/mol. The van der Waals surface area contributed by atoms with E-state index in [0.29, 0.717) is 22.3 Å². The van der Waals surface area contributed by atoms with Crippen molar-refractivity contribution in [3.63, 3.8) is 0 Å². The summed E-state index contributed by atoms with van der Waals surface area (Å²) in [6, 6.07) is 5.34. The molecule has 4 N–H and O–H groups in total. The van der Waals surface area contributed by atoms with Gasteiger partial charge in [0.1, 0.15) is 5.84 Å². The van der Waals surface area contributed by atoms with Crippen LogP contribution in [0.15, 0.2) is 28.9 Å². The molecule has 1 aliphatic heterocycles. The van der Waals surface area contributed by atoms with Gasteiger partial charge in [-0.05, 0) is 30.0 Å². The molecule has 19 heavy (non-hydrogen) atoms. The van der Waals surface area contributed by atoms with E-state index in [9.17, 15) is 0 Å². The summed E-state index contributed by atoms with van der Waals surface area (Å²) in [6.45, 7) is 2.10. The quantitative estimate of drug-likeness (QED) is 0.895. The van der Waals surface area contributed by atoms with Crippen LogP contribution in [0.25, 0.3) is 5.57 Å². The Hall–Kier alpha value is -1.03. The second kappa shape index (κ2) is 5.95. The smallest absolute Gasteiger partial charge is 0.117 e. The van der Waals surface area contributed by atoms with Crippen molar-refractivity contribution in [2.45, 2.75) is 32.2 Å². The van der Waals surface area contributed by atoms with E-state index in [1.807, 2.05) is 12.1 Å². The highest BCUT2D eigenvalue weighted by atomic mass is 35.5. The van der Waals surface area contributed by atoms with E-state index in [1.165, 1.54) is 0 Å². The normalized spacial score (nSPS) is 19.6. The van der Waals surface area contributed by atoms with Crippen molar-refractivity contribution in [1.82, 2.24) is 0 Å². The lowest BCUT2D eigenvalue weighted by Crippen LogP contribution is -2.39. The number of nitrogens with two attached hydrogens (primary N) is 2. The highest BCUT2D eigenvalue weighted by Crippen LogP contribution is 2.37. The first-order chi connectivity index (χ1) is 9.04. The maximum absolute atomic E-state index is 6.29. The summed E-state index contributed by atoms with van der Waals surface area (Å²) in [5, 5.41) is 1.09. The molecule has 2 rings (SSSR count). The van der Waals surface area contributed by atoms with E-state index >= 15 is 0 Å². The summed E-state index contributed by atoms with van der Waals surface area (Å²) < 4.78 is 0. The number of nitrogens with zero attached hydrogens (tertiary/aromatic N) is 1. The van der Waals surface area contributed by atoms with Crippen molar-refractivity contribution in [3.8, 4) is 0 Å². The second-order valence-corrected chi connectivity index (χ2v) is 5.41. The monoisotopic (exact) mass is 297 g/mol. The number of hydrogen-bond donors (Lipinski definition) is 2. The molecular weight excluding hydrogens is 281 g/mol. The van der Waals surface area contributed by atoms with Crippen molar-refractivity contribution in [1.29, 1.82) is 0 Å². The first kappa shape index (κ1) is 14.4. The number of hydrogen-bond acceptors (Lipinski definition) is 3. The summed E-state index contributed by atoms with van der Waals surface area (Å²) >= 11 is 12.4. The van der Waals surface area contributed by atoms with Crippen molar-refractivity contribution in [2.24, 2.45) is 16.5 Å². The summed E-state index contributed by atoms with van der Waals surface area (Å²) in [7, 11) is 0. The molecule has 0 saturated heterocycles. The van der Waals surface area contributed by atoms with Gasteiger partial charge in [0.2, 0.25) is 0 Å². The highest BCUT2D eigenvalue weighted by Gasteiger charge is 2.22. The van der Waals surface area contributed by atoms with Crippen LogP contribution in [0.3, 0.4) is 0 Å². The number of allylic oxidation sites excluding steroid dienone is 1. The van der Waals surface area contributed by atoms with Crippen LogP contribution >= 0.6 is 23.2 Å². The molecule has 1 heterocycles. The fourth-order valence-electron chi connectivity index (χ4n) is 2.19. The molecule has 0 radical (unpaired) electrons. The molecule has 5 heteroatoms. The van der Waals surface area contributed by atoms with E-state index in [2.05, 4.69) is 11.9 Å². The van der Waals surface area contributed by atoms with Crippen molar-refractivity contribution in [3.05, 3.63) is 39.5 Å². The molecule has 102 valence electrons. The van der Waals surface area contributed by atoms with Gasteiger partial charge in [-0.2, -0.15) is 0 Å². The molecule has 0 amide bonds. The molecule has 1 atom stereocenters. The first-order valence-corrected chi connectivity index (χ1v) is 7.06. The maximum Gasteiger partial charge on any atom is 0.117 e. The third-order valence-electron chi connectivity index (χ3n) is 3.18. The molecule has 1 aliphatic rings. The van der Waals surface area contributed by atoms with Gasteiger partial charge in [-0.15, -0.1) is 0 Å². The number of rotatable bonds is 3. The minimum absolute atomic E-state index is 0.259.